The molecule has 134 valence electrons. The number of amides is 1. The summed E-state index contributed by atoms with van der Waals surface area (Å²) in [5.41, 5.74) is 0.616. The Morgan fingerprint density at radius 1 is 1.27 bits per heavy atom. The molecule has 0 saturated heterocycles. The van der Waals surface area contributed by atoms with Crippen molar-refractivity contribution in [3.8, 4) is 0 Å². The van der Waals surface area contributed by atoms with E-state index in [9.17, 15) is 9.18 Å². The molecule has 6 heteroatoms. The van der Waals surface area contributed by atoms with E-state index in [-0.39, 0.29) is 11.7 Å². The Morgan fingerprint density at radius 2 is 2.12 bits per heavy atom. The highest BCUT2D eigenvalue weighted by atomic mass is 32.1. The molecule has 1 amide bonds. The molecule has 4 nitrogen and oxygen atoms in total. The number of aromatic nitrogens is 2. The van der Waals surface area contributed by atoms with Crippen LogP contribution < -0.4 is 0 Å². The van der Waals surface area contributed by atoms with Crippen molar-refractivity contribution < 1.29 is 9.18 Å². The van der Waals surface area contributed by atoms with Gasteiger partial charge in [0, 0.05) is 24.5 Å². The van der Waals surface area contributed by atoms with E-state index >= 15 is 0 Å². The summed E-state index contributed by atoms with van der Waals surface area (Å²) in [5, 5.41) is 1.92. The van der Waals surface area contributed by atoms with Gasteiger partial charge in [0.1, 0.15) is 11.6 Å². The molecule has 0 bridgehead atoms. The smallest absolute Gasteiger partial charge is 0.264 e. The molecule has 0 aliphatic heterocycles. The van der Waals surface area contributed by atoms with Gasteiger partial charge in [0.15, 0.2) is 0 Å². The van der Waals surface area contributed by atoms with E-state index in [1.54, 1.807) is 18.3 Å². The molecular formula is C20H20FN3OS. The number of imidazole rings is 1. The predicted molar refractivity (Wildman–Crippen MR) is 99.5 cm³/mol. The second kappa shape index (κ2) is 7.41. The van der Waals surface area contributed by atoms with E-state index in [2.05, 4.69) is 4.98 Å². The molecule has 1 aliphatic rings. The summed E-state index contributed by atoms with van der Waals surface area (Å²) in [7, 11) is 0. The molecule has 3 aromatic rings. The van der Waals surface area contributed by atoms with Gasteiger partial charge in [0.05, 0.1) is 18.0 Å². The summed E-state index contributed by atoms with van der Waals surface area (Å²) in [6.45, 7) is 1.60. The molecule has 0 atom stereocenters. The number of hydrogen-bond donors (Lipinski definition) is 0. The average Bonchev–Trinajstić information content (AvgIpc) is 3.10. The van der Waals surface area contributed by atoms with E-state index < -0.39 is 0 Å². The minimum absolute atomic E-state index is 0.0485. The maximum absolute atomic E-state index is 14.0. The van der Waals surface area contributed by atoms with Crippen molar-refractivity contribution in [3.05, 3.63) is 76.3 Å². The van der Waals surface area contributed by atoms with Crippen LogP contribution in [0.1, 0.15) is 33.9 Å². The number of halogens is 1. The van der Waals surface area contributed by atoms with Crippen LogP contribution in [0.4, 0.5) is 4.39 Å². The molecule has 0 spiro atoms. The van der Waals surface area contributed by atoms with E-state index in [1.165, 1.54) is 30.2 Å². The van der Waals surface area contributed by atoms with Crippen LogP contribution in [0, 0.1) is 11.7 Å². The van der Waals surface area contributed by atoms with Gasteiger partial charge in [-0.25, -0.2) is 9.37 Å². The SMILES string of the molecule is O=C(c1cccs1)N(Cc1nccn1Cc1ccccc1F)CC1CC1. The molecular weight excluding hydrogens is 349 g/mol. The van der Waals surface area contributed by atoms with Crippen molar-refractivity contribution in [2.24, 2.45) is 5.92 Å². The quantitative estimate of drug-likeness (QED) is 0.626. The normalized spacial score (nSPS) is 13.7. The minimum atomic E-state index is -0.225. The fraction of sp³-hybridized carbons (Fsp3) is 0.300. The number of thiophene rings is 1. The summed E-state index contributed by atoms with van der Waals surface area (Å²) < 4.78 is 15.9. The third-order valence-corrected chi connectivity index (χ3v) is 5.49. The lowest BCUT2D eigenvalue weighted by Gasteiger charge is -2.22. The number of nitrogens with zero attached hydrogens (tertiary/aromatic N) is 3. The van der Waals surface area contributed by atoms with Gasteiger partial charge >= 0.3 is 0 Å². The third kappa shape index (κ3) is 3.85. The van der Waals surface area contributed by atoms with Crippen LogP contribution in [-0.4, -0.2) is 26.9 Å². The molecule has 1 saturated carbocycles. The number of hydrogen-bond acceptors (Lipinski definition) is 3. The Labute approximate surface area is 155 Å². The maximum Gasteiger partial charge on any atom is 0.264 e. The lowest BCUT2D eigenvalue weighted by Crippen LogP contribution is -2.33. The Bertz CT molecular complexity index is 886. The Morgan fingerprint density at radius 3 is 2.85 bits per heavy atom. The molecule has 0 unspecified atom stereocenters. The maximum atomic E-state index is 14.0. The molecule has 0 radical (unpaired) electrons. The topological polar surface area (TPSA) is 38.1 Å². The molecule has 4 rings (SSSR count). The monoisotopic (exact) mass is 369 g/mol. The first-order valence-corrected chi connectivity index (χ1v) is 9.65. The summed E-state index contributed by atoms with van der Waals surface area (Å²) in [5.74, 6) is 1.19. The number of benzene rings is 1. The van der Waals surface area contributed by atoms with Gasteiger partial charge in [0.25, 0.3) is 5.91 Å². The first kappa shape index (κ1) is 17.0. The zero-order chi connectivity index (χ0) is 17.9. The number of carbonyl (C=O) groups excluding carboxylic acids is 1. The van der Waals surface area contributed by atoms with Crippen molar-refractivity contribution in [1.29, 1.82) is 0 Å². The molecule has 1 aliphatic carbocycles. The number of rotatable bonds is 7. The molecule has 0 N–H and O–H groups in total. The van der Waals surface area contributed by atoms with Crippen LogP contribution in [0.5, 0.6) is 0 Å². The Hall–Kier alpha value is -2.47. The summed E-state index contributed by atoms with van der Waals surface area (Å²) in [6.07, 6.45) is 5.91. The molecule has 2 heterocycles. The van der Waals surface area contributed by atoms with E-state index in [0.29, 0.717) is 24.6 Å². The third-order valence-electron chi connectivity index (χ3n) is 4.63. The summed E-state index contributed by atoms with van der Waals surface area (Å²) >= 11 is 1.46. The largest absolute Gasteiger partial charge is 0.330 e. The first-order valence-electron chi connectivity index (χ1n) is 8.77. The Balaban J connectivity index is 1.53. The molecule has 2 aromatic heterocycles. The zero-order valence-corrected chi connectivity index (χ0v) is 15.2. The van der Waals surface area contributed by atoms with Crippen molar-refractivity contribution in [2.45, 2.75) is 25.9 Å². The van der Waals surface area contributed by atoms with Crippen LogP contribution in [0.15, 0.2) is 54.2 Å². The highest BCUT2D eigenvalue weighted by molar-refractivity contribution is 7.12. The van der Waals surface area contributed by atoms with Gasteiger partial charge in [-0.15, -0.1) is 11.3 Å². The van der Waals surface area contributed by atoms with Crippen molar-refractivity contribution in [1.82, 2.24) is 14.5 Å². The molecule has 1 aromatic carbocycles. The van der Waals surface area contributed by atoms with E-state index in [0.717, 1.165) is 17.2 Å². The Kier molecular flexibility index (Phi) is 4.84. The summed E-state index contributed by atoms with van der Waals surface area (Å²) in [6, 6.07) is 10.5. The molecule has 26 heavy (non-hydrogen) atoms. The van der Waals surface area contributed by atoms with Gasteiger partial charge in [0.2, 0.25) is 0 Å². The first-order chi connectivity index (χ1) is 12.7. The van der Waals surface area contributed by atoms with Gasteiger partial charge < -0.3 is 9.47 Å². The standard InChI is InChI=1S/C20H20FN3OS/c21-17-5-2-1-4-16(17)13-23-10-9-22-19(23)14-24(12-15-7-8-15)20(25)18-6-3-11-26-18/h1-6,9-11,15H,7-8,12-14H2. The highest BCUT2D eigenvalue weighted by Crippen LogP contribution is 2.31. The van der Waals surface area contributed by atoms with Gasteiger partial charge in [-0.1, -0.05) is 24.3 Å². The molecule has 1 fully saturated rings. The minimum Gasteiger partial charge on any atom is -0.330 e. The van der Waals surface area contributed by atoms with E-state index in [4.69, 9.17) is 0 Å². The van der Waals surface area contributed by atoms with Crippen LogP contribution in [-0.2, 0) is 13.1 Å². The van der Waals surface area contributed by atoms with Gasteiger partial charge in [-0.05, 0) is 36.3 Å². The van der Waals surface area contributed by atoms with Crippen LogP contribution >= 0.6 is 11.3 Å². The lowest BCUT2D eigenvalue weighted by molar-refractivity contribution is 0.0733. The fourth-order valence-corrected chi connectivity index (χ4v) is 3.69. The van der Waals surface area contributed by atoms with Crippen LogP contribution in [0.2, 0.25) is 0 Å². The van der Waals surface area contributed by atoms with Crippen molar-refractivity contribution >= 4 is 17.2 Å². The van der Waals surface area contributed by atoms with Crippen LogP contribution in [0.25, 0.3) is 0 Å². The van der Waals surface area contributed by atoms with Crippen LogP contribution in [0.3, 0.4) is 0 Å². The lowest BCUT2D eigenvalue weighted by atomic mass is 10.2. The average molecular weight is 369 g/mol. The van der Waals surface area contributed by atoms with Gasteiger partial charge in [-0.2, -0.15) is 0 Å². The van der Waals surface area contributed by atoms with Crippen molar-refractivity contribution in [3.63, 3.8) is 0 Å². The second-order valence-electron chi connectivity index (χ2n) is 6.67. The number of carbonyl (C=O) groups is 1. The van der Waals surface area contributed by atoms with E-state index in [1.807, 2.05) is 39.2 Å². The zero-order valence-electron chi connectivity index (χ0n) is 14.3. The predicted octanol–water partition coefficient (Wildman–Crippen LogP) is 4.18. The highest BCUT2D eigenvalue weighted by Gasteiger charge is 2.28. The summed E-state index contributed by atoms with van der Waals surface area (Å²) in [4.78, 5) is 19.9. The van der Waals surface area contributed by atoms with Crippen molar-refractivity contribution in [2.75, 3.05) is 6.54 Å². The van der Waals surface area contributed by atoms with Gasteiger partial charge in [-0.3, -0.25) is 4.79 Å². The second-order valence-corrected chi connectivity index (χ2v) is 7.62. The fourth-order valence-electron chi connectivity index (χ4n) is 3.00.